The van der Waals surface area contributed by atoms with Gasteiger partial charge < -0.3 is 24.8 Å². The van der Waals surface area contributed by atoms with Crippen LogP contribution in [0.1, 0.15) is 39.5 Å². The Morgan fingerprint density at radius 1 is 1.19 bits per heavy atom. The van der Waals surface area contributed by atoms with Gasteiger partial charge in [-0.25, -0.2) is 0 Å². The lowest BCUT2D eigenvalue weighted by molar-refractivity contribution is -0.556. The van der Waals surface area contributed by atoms with E-state index in [2.05, 4.69) is 20.4 Å². The predicted molar refractivity (Wildman–Crippen MR) is 88.4 cm³/mol. The zero-order valence-electron chi connectivity index (χ0n) is 15.1. The Bertz CT molecular complexity index is 761. The average molecular weight is 362 g/mol. The summed E-state index contributed by atoms with van der Waals surface area (Å²) >= 11 is 0. The number of aliphatic hydroxyl groups is 3. The van der Waals surface area contributed by atoms with Crippen LogP contribution >= 0.6 is 0 Å². The SMILES string of the molecule is C=C1C(=O)C23[C@@H]4OC5O[C@@]2(O)[C@@H](O)[C@@H]2C(C)(C)CC[C@H](O)C52[C@@H]3CC[C@@H]14. The molecular weight excluding hydrogens is 336 g/mol. The number of ether oxygens (including phenoxy) is 2. The van der Waals surface area contributed by atoms with Gasteiger partial charge in [0.1, 0.15) is 11.5 Å². The van der Waals surface area contributed by atoms with E-state index in [4.69, 9.17) is 9.47 Å². The lowest BCUT2D eigenvalue weighted by Gasteiger charge is -2.79. The normalized spacial score (nSPS) is 64.0. The van der Waals surface area contributed by atoms with Crippen LogP contribution in [-0.4, -0.2) is 51.5 Å². The summed E-state index contributed by atoms with van der Waals surface area (Å²) < 4.78 is 12.3. The van der Waals surface area contributed by atoms with Gasteiger partial charge >= 0.3 is 0 Å². The Hall–Kier alpha value is -0.790. The summed E-state index contributed by atoms with van der Waals surface area (Å²) in [6.07, 6.45) is -0.473. The summed E-state index contributed by atoms with van der Waals surface area (Å²) in [5.74, 6) is -2.99. The first kappa shape index (κ1) is 16.2. The van der Waals surface area contributed by atoms with Gasteiger partial charge in [-0.05, 0) is 42.6 Å². The third kappa shape index (κ3) is 1.19. The fourth-order valence-electron chi connectivity index (χ4n) is 8.38. The molecule has 4 saturated carbocycles. The second-order valence-corrected chi connectivity index (χ2v) is 10.1. The minimum atomic E-state index is -1.97. The molecule has 0 aromatic heterocycles. The number of carbonyl (C=O) groups is 1. The third-order valence-electron chi connectivity index (χ3n) is 9.14. The van der Waals surface area contributed by atoms with Gasteiger partial charge in [0.05, 0.1) is 17.6 Å². The second kappa shape index (κ2) is 4.13. The molecule has 4 aliphatic carbocycles. The van der Waals surface area contributed by atoms with E-state index >= 15 is 0 Å². The summed E-state index contributed by atoms with van der Waals surface area (Å²) in [5.41, 5.74) is -2.03. The predicted octanol–water partition coefficient (Wildman–Crippen LogP) is 0.740. The van der Waals surface area contributed by atoms with Gasteiger partial charge in [-0.15, -0.1) is 0 Å². The Kier molecular flexibility index (Phi) is 2.57. The van der Waals surface area contributed by atoms with Gasteiger partial charge in [-0.2, -0.15) is 0 Å². The van der Waals surface area contributed by atoms with Crippen molar-refractivity contribution in [2.75, 3.05) is 0 Å². The second-order valence-electron chi connectivity index (χ2n) is 10.1. The van der Waals surface area contributed by atoms with Gasteiger partial charge in [-0.3, -0.25) is 4.79 Å². The van der Waals surface area contributed by atoms with E-state index in [1.54, 1.807) is 0 Å². The topological polar surface area (TPSA) is 96.2 Å². The highest BCUT2D eigenvalue weighted by molar-refractivity contribution is 6.05. The standard InChI is InChI=1S/C20H26O6/c1-8-9-4-5-10-18-11(21)6-7-17(2,3)12(18)14(23)20(24)19(10,13(8)22)15(9)25-16(18)26-20/h9-12,14-16,21,23-24H,1,4-7H2,2-3H3/t9-,10-,11-,12+,14-,15+,16?,18?,19?,20-/m0/s1. The molecule has 4 saturated heterocycles. The molecule has 0 aromatic rings. The van der Waals surface area contributed by atoms with Crippen LogP contribution in [0.3, 0.4) is 0 Å². The number of carbonyl (C=O) groups excluding carboxylic acids is 1. The maximum Gasteiger partial charge on any atom is 0.211 e. The van der Waals surface area contributed by atoms with Crippen molar-refractivity contribution in [2.45, 2.75) is 69.9 Å². The molecule has 8 aliphatic rings. The van der Waals surface area contributed by atoms with Gasteiger partial charge in [0.15, 0.2) is 12.1 Å². The molecule has 3 N–H and O–H groups in total. The van der Waals surface area contributed by atoms with Crippen LogP contribution in [0, 0.1) is 34.0 Å². The lowest BCUT2D eigenvalue weighted by atomic mass is 9.34. The fraction of sp³-hybridized carbons (Fsp3) is 0.850. The molecule has 7 bridgehead atoms. The first-order valence-corrected chi connectivity index (χ1v) is 9.80. The summed E-state index contributed by atoms with van der Waals surface area (Å²) in [6, 6.07) is 0. The molecule has 6 heteroatoms. The molecular formula is C20H26O6. The maximum atomic E-state index is 13.4. The number of aliphatic hydroxyl groups excluding tert-OH is 2. The maximum absolute atomic E-state index is 13.4. The zero-order valence-corrected chi connectivity index (χ0v) is 15.1. The monoisotopic (exact) mass is 362 g/mol. The smallest absolute Gasteiger partial charge is 0.211 e. The highest BCUT2D eigenvalue weighted by atomic mass is 16.8. The van der Waals surface area contributed by atoms with Crippen molar-refractivity contribution in [3.05, 3.63) is 12.2 Å². The summed E-state index contributed by atoms with van der Waals surface area (Å²) in [4.78, 5) is 13.4. The van der Waals surface area contributed by atoms with Gasteiger partial charge in [0.25, 0.3) is 0 Å². The summed E-state index contributed by atoms with van der Waals surface area (Å²) in [6.45, 7) is 8.14. The van der Waals surface area contributed by atoms with E-state index in [1.807, 2.05) is 0 Å². The van der Waals surface area contributed by atoms with Gasteiger partial charge in [-0.1, -0.05) is 20.4 Å². The molecule has 8 rings (SSSR count). The van der Waals surface area contributed by atoms with E-state index in [0.717, 1.165) is 12.8 Å². The van der Waals surface area contributed by atoms with E-state index in [0.29, 0.717) is 18.4 Å². The largest absolute Gasteiger partial charge is 0.392 e. The first-order chi connectivity index (χ1) is 12.1. The Balaban J connectivity index is 1.70. The minimum Gasteiger partial charge on any atom is -0.392 e. The van der Waals surface area contributed by atoms with E-state index in [-0.39, 0.29) is 23.0 Å². The molecule has 3 unspecified atom stereocenters. The van der Waals surface area contributed by atoms with Crippen molar-refractivity contribution in [3.63, 3.8) is 0 Å². The molecule has 6 nitrogen and oxygen atoms in total. The summed E-state index contributed by atoms with van der Waals surface area (Å²) in [7, 11) is 0. The van der Waals surface area contributed by atoms with Crippen LogP contribution in [-0.2, 0) is 14.3 Å². The number of rotatable bonds is 0. The van der Waals surface area contributed by atoms with E-state index < -0.39 is 47.1 Å². The molecule has 2 spiro atoms. The van der Waals surface area contributed by atoms with Crippen molar-refractivity contribution in [3.8, 4) is 0 Å². The highest BCUT2D eigenvalue weighted by Crippen LogP contribution is 2.81. The molecule has 4 aliphatic heterocycles. The molecule has 0 aromatic carbocycles. The minimum absolute atomic E-state index is 0.133. The van der Waals surface area contributed by atoms with E-state index in [9.17, 15) is 20.1 Å². The van der Waals surface area contributed by atoms with Gasteiger partial charge in [0, 0.05) is 11.8 Å². The van der Waals surface area contributed by atoms with Crippen LogP contribution in [0.2, 0.25) is 0 Å². The Morgan fingerprint density at radius 3 is 2.65 bits per heavy atom. The molecule has 26 heavy (non-hydrogen) atoms. The molecule has 8 fully saturated rings. The first-order valence-electron chi connectivity index (χ1n) is 9.80. The van der Waals surface area contributed by atoms with Crippen LogP contribution in [0.4, 0.5) is 0 Å². The average Bonchev–Trinajstić information content (AvgIpc) is 2.71. The van der Waals surface area contributed by atoms with Crippen LogP contribution < -0.4 is 0 Å². The Morgan fingerprint density at radius 2 is 1.92 bits per heavy atom. The summed E-state index contributed by atoms with van der Waals surface area (Å²) in [5, 5.41) is 34.3. The molecule has 0 amide bonds. The molecule has 10 atom stereocenters. The van der Waals surface area contributed by atoms with Crippen LogP contribution in [0.15, 0.2) is 12.2 Å². The number of Topliss-reactive ketones (excluding diaryl/α,β-unsaturated/α-hetero) is 1. The van der Waals surface area contributed by atoms with Crippen LogP contribution in [0.5, 0.6) is 0 Å². The van der Waals surface area contributed by atoms with Crippen molar-refractivity contribution >= 4 is 5.78 Å². The molecule has 142 valence electrons. The molecule has 4 heterocycles. The van der Waals surface area contributed by atoms with E-state index in [1.165, 1.54) is 0 Å². The van der Waals surface area contributed by atoms with Crippen molar-refractivity contribution in [1.82, 2.24) is 0 Å². The van der Waals surface area contributed by atoms with Crippen molar-refractivity contribution in [2.24, 2.45) is 34.0 Å². The number of hydrogen-bond acceptors (Lipinski definition) is 6. The van der Waals surface area contributed by atoms with Crippen molar-refractivity contribution < 1.29 is 29.6 Å². The Labute approximate surface area is 152 Å². The van der Waals surface area contributed by atoms with Crippen LogP contribution in [0.25, 0.3) is 0 Å². The number of hydrogen-bond donors (Lipinski definition) is 3. The highest BCUT2D eigenvalue weighted by Gasteiger charge is 2.92. The third-order valence-corrected chi connectivity index (χ3v) is 9.14. The molecule has 0 radical (unpaired) electrons. The van der Waals surface area contributed by atoms with Gasteiger partial charge in [0.2, 0.25) is 5.79 Å². The fourth-order valence-corrected chi connectivity index (χ4v) is 8.38. The zero-order chi connectivity index (χ0) is 18.4. The lowest BCUT2D eigenvalue weighted by Crippen LogP contribution is -2.91. The number of ketones is 1. The quantitative estimate of drug-likeness (QED) is 0.550. The van der Waals surface area contributed by atoms with Crippen molar-refractivity contribution in [1.29, 1.82) is 0 Å².